The standard InChI is InChI=1S/C20H20N8O/c21-13-17-14-24-19(15-23-17)27-10-7-26(8-11-27)9-12-28-20(29)2-1-18(25-28)16-3-5-22-6-4-16/h1-6,14-15H,7-12H2. The van der Waals surface area contributed by atoms with Crippen molar-refractivity contribution in [2.45, 2.75) is 6.54 Å². The molecule has 146 valence electrons. The molecular formula is C20H20N8O. The molecule has 1 fully saturated rings. The zero-order valence-electron chi connectivity index (χ0n) is 15.8. The maximum Gasteiger partial charge on any atom is 0.266 e. The zero-order valence-corrected chi connectivity index (χ0v) is 15.8. The van der Waals surface area contributed by atoms with Crippen molar-refractivity contribution in [3.8, 4) is 17.3 Å². The highest BCUT2D eigenvalue weighted by Crippen LogP contribution is 2.14. The molecule has 0 amide bonds. The van der Waals surface area contributed by atoms with Crippen LogP contribution in [0.2, 0.25) is 0 Å². The Labute approximate surface area is 167 Å². The monoisotopic (exact) mass is 388 g/mol. The minimum Gasteiger partial charge on any atom is -0.353 e. The number of aromatic nitrogens is 5. The first-order valence-electron chi connectivity index (χ1n) is 9.41. The normalized spacial score (nSPS) is 14.5. The number of hydrogen-bond donors (Lipinski definition) is 0. The van der Waals surface area contributed by atoms with Crippen LogP contribution in [0, 0.1) is 11.3 Å². The van der Waals surface area contributed by atoms with Crippen molar-refractivity contribution in [1.82, 2.24) is 29.6 Å². The molecule has 0 aliphatic carbocycles. The van der Waals surface area contributed by atoms with Gasteiger partial charge >= 0.3 is 0 Å². The second-order valence-electron chi connectivity index (χ2n) is 6.72. The van der Waals surface area contributed by atoms with Crippen molar-refractivity contribution < 1.29 is 0 Å². The Hall–Kier alpha value is -3.64. The molecule has 0 atom stereocenters. The minimum atomic E-state index is -0.103. The van der Waals surface area contributed by atoms with Crippen LogP contribution in [-0.4, -0.2) is 62.4 Å². The summed E-state index contributed by atoms with van der Waals surface area (Å²) in [7, 11) is 0. The molecule has 1 saturated heterocycles. The van der Waals surface area contributed by atoms with E-state index in [9.17, 15) is 4.79 Å². The van der Waals surface area contributed by atoms with Gasteiger partial charge in [0.15, 0.2) is 5.69 Å². The van der Waals surface area contributed by atoms with E-state index in [-0.39, 0.29) is 5.56 Å². The van der Waals surface area contributed by atoms with E-state index in [2.05, 4.69) is 29.9 Å². The molecule has 0 unspecified atom stereocenters. The predicted octanol–water partition coefficient (Wildman–Crippen LogP) is 0.789. The third-order valence-corrected chi connectivity index (χ3v) is 4.92. The topological polar surface area (TPSA) is 104 Å². The highest BCUT2D eigenvalue weighted by Gasteiger charge is 2.18. The van der Waals surface area contributed by atoms with Crippen molar-refractivity contribution in [2.75, 3.05) is 37.6 Å². The highest BCUT2D eigenvalue weighted by molar-refractivity contribution is 5.57. The molecule has 0 radical (unpaired) electrons. The Kier molecular flexibility index (Phi) is 5.54. The van der Waals surface area contributed by atoms with Crippen LogP contribution in [0.3, 0.4) is 0 Å². The number of hydrogen-bond acceptors (Lipinski definition) is 8. The summed E-state index contributed by atoms with van der Waals surface area (Å²) in [6.07, 6.45) is 6.56. The molecule has 29 heavy (non-hydrogen) atoms. The van der Waals surface area contributed by atoms with Crippen LogP contribution in [0.15, 0.2) is 53.8 Å². The van der Waals surface area contributed by atoms with Crippen molar-refractivity contribution >= 4 is 5.82 Å². The van der Waals surface area contributed by atoms with Crippen LogP contribution >= 0.6 is 0 Å². The summed E-state index contributed by atoms with van der Waals surface area (Å²) in [5.41, 5.74) is 1.91. The molecule has 9 nitrogen and oxygen atoms in total. The van der Waals surface area contributed by atoms with Gasteiger partial charge in [-0.3, -0.25) is 14.7 Å². The average molecular weight is 388 g/mol. The molecular weight excluding hydrogens is 368 g/mol. The maximum atomic E-state index is 12.2. The first kappa shape index (κ1) is 18.7. The van der Waals surface area contributed by atoms with Crippen molar-refractivity contribution in [3.05, 3.63) is 65.1 Å². The summed E-state index contributed by atoms with van der Waals surface area (Å²) in [6, 6.07) is 9.03. The van der Waals surface area contributed by atoms with E-state index in [1.807, 2.05) is 18.2 Å². The lowest BCUT2D eigenvalue weighted by molar-refractivity contribution is 0.242. The van der Waals surface area contributed by atoms with Gasteiger partial charge in [0.2, 0.25) is 0 Å². The molecule has 4 rings (SSSR count). The zero-order chi connectivity index (χ0) is 20.1. The summed E-state index contributed by atoms with van der Waals surface area (Å²) in [4.78, 5) is 29.0. The van der Waals surface area contributed by atoms with Gasteiger partial charge in [0.25, 0.3) is 5.56 Å². The molecule has 0 bridgehead atoms. The molecule has 3 aromatic heterocycles. The Morgan fingerprint density at radius 1 is 0.966 bits per heavy atom. The van der Waals surface area contributed by atoms with Gasteiger partial charge in [-0.2, -0.15) is 10.4 Å². The van der Waals surface area contributed by atoms with E-state index in [0.29, 0.717) is 12.2 Å². The van der Waals surface area contributed by atoms with Crippen LogP contribution in [0.1, 0.15) is 5.69 Å². The summed E-state index contributed by atoms with van der Waals surface area (Å²) < 4.78 is 1.52. The third-order valence-electron chi connectivity index (χ3n) is 4.92. The largest absolute Gasteiger partial charge is 0.353 e. The molecule has 1 aliphatic heterocycles. The van der Waals surface area contributed by atoms with E-state index in [1.165, 1.54) is 10.9 Å². The lowest BCUT2D eigenvalue weighted by Gasteiger charge is -2.35. The molecule has 0 spiro atoms. The molecule has 0 aromatic carbocycles. The van der Waals surface area contributed by atoms with Crippen molar-refractivity contribution in [2.24, 2.45) is 0 Å². The van der Waals surface area contributed by atoms with Gasteiger partial charge < -0.3 is 4.90 Å². The fraction of sp³-hybridized carbons (Fsp3) is 0.300. The predicted molar refractivity (Wildman–Crippen MR) is 107 cm³/mol. The number of nitrogens with zero attached hydrogens (tertiary/aromatic N) is 8. The molecule has 3 aromatic rings. The van der Waals surface area contributed by atoms with E-state index < -0.39 is 0 Å². The van der Waals surface area contributed by atoms with Gasteiger partial charge in [-0.1, -0.05) is 0 Å². The van der Waals surface area contributed by atoms with Crippen molar-refractivity contribution in [3.63, 3.8) is 0 Å². The van der Waals surface area contributed by atoms with Gasteiger partial charge in [-0.15, -0.1) is 0 Å². The van der Waals surface area contributed by atoms with Crippen molar-refractivity contribution in [1.29, 1.82) is 5.26 Å². The Balaban J connectivity index is 1.34. The smallest absolute Gasteiger partial charge is 0.266 e. The summed E-state index contributed by atoms with van der Waals surface area (Å²) in [6.45, 7) is 4.65. The van der Waals surface area contributed by atoms with Gasteiger partial charge in [0.1, 0.15) is 11.9 Å². The van der Waals surface area contributed by atoms with E-state index in [1.54, 1.807) is 30.7 Å². The quantitative estimate of drug-likeness (QED) is 0.632. The van der Waals surface area contributed by atoms with Gasteiger partial charge in [0, 0.05) is 56.7 Å². The summed E-state index contributed by atoms with van der Waals surface area (Å²) >= 11 is 0. The summed E-state index contributed by atoms with van der Waals surface area (Å²) in [5, 5.41) is 13.3. The number of rotatable bonds is 5. The van der Waals surface area contributed by atoms with Gasteiger partial charge in [0.05, 0.1) is 24.6 Å². The van der Waals surface area contributed by atoms with Crippen LogP contribution in [0.5, 0.6) is 0 Å². The average Bonchev–Trinajstić information content (AvgIpc) is 2.79. The minimum absolute atomic E-state index is 0.103. The lowest BCUT2D eigenvalue weighted by Crippen LogP contribution is -2.48. The molecule has 9 heteroatoms. The van der Waals surface area contributed by atoms with Crippen LogP contribution in [-0.2, 0) is 6.54 Å². The van der Waals surface area contributed by atoms with E-state index in [0.717, 1.165) is 49.8 Å². The number of nitriles is 1. The van der Waals surface area contributed by atoms with Gasteiger partial charge in [-0.05, 0) is 18.2 Å². The SMILES string of the molecule is N#Cc1cnc(N2CCN(CCn3nc(-c4ccncc4)ccc3=O)CC2)cn1. The number of anilines is 1. The first-order chi connectivity index (χ1) is 14.2. The van der Waals surface area contributed by atoms with Crippen LogP contribution in [0.25, 0.3) is 11.3 Å². The van der Waals surface area contributed by atoms with Gasteiger partial charge in [-0.25, -0.2) is 14.6 Å². The molecule has 1 aliphatic rings. The first-order valence-corrected chi connectivity index (χ1v) is 9.41. The second-order valence-corrected chi connectivity index (χ2v) is 6.72. The number of pyridine rings is 1. The molecule has 0 saturated carbocycles. The van der Waals surface area contributed by atoms with Crippen LogP contribution < -0.4 is 10.5 Å². The fourth-order valence-corrected chi connectivity index (χ4v) is 3.26. The van der Waals surface area contributed by atoms with E-state index in [4.69, 9.17) is 5.26 Å². The highest BCUT2D eigenvalue weighted by atomic mass is 16.1. The third kappa shape index (κ3) is 4.44. The van der Waals surface area contributed by atoms with Crippen LogP contribution in [0.4, 0.5) is 5.82 Å². The Morgan fingerprint density at radius 3 is 2.45 bits per heavy atom. The Morgan fingerprint density at radius 2 is 1.76 bits per heavy atom. The van der Waals surface area contributed by atoms with E-state index >= 15 is 0 Å². The lowest BCUT2D eigenvalue weighted by atomic mass is 10.2. The number of piperazine rings is 1. The molecule has 4 heterocycles. The fourth-order valence-electron chi connectivity index (χ4n) is 3.26. The Bertz CT molecular complexity index is 1050. The molecule has 0 N–H and O–H groups in total. The maximum absolute atomic E-state index is 12.2. The second kappa shape index (κ2) is 8.58. The summed E-state index contributed by atoms with van der Waals surface area (Å²) in [5.74, 6) is 0.784.